The highest BCUT2D eigenvalue weighted by Crippen LogP contribution is 2.35. The Bertz CT molecular complexity index is 1010. The lowest BCUT2D eigenvalue weighted by atomic mass is 10.0. The second-order valence-electron chi connectivity index (χ2n) is 8.40. The third kappa shape index (κ3) is 4.62. The first-order valence-corrected chi connectivity index (χ1v) is 10.4. The Balaban J connectivity index is 0.000000265. The summed E-state index contributed by atoms with van der Waals surface area (Å²) in [4.78, 5) is 18.6. The summed E-state index contributed by atoms with van der Waals surface area (Å²) in [6, 6.07) is 3.95. The molecule has 2 aliphatic carbocycles. The summed E-state index contributed by atoms with van der Waals surface area (Å²) >= 11 is 0. The lowest BCUT2D eigenvalue weighted by Gasteiger charge is -2.07. The fraction of sp³-hybridized carbons (Fsp3) is 0.524. The summed E-state index contributed by atoms with van der Waals surface area (Å²) in [5.74, 6) is 1.97. The summed E-state index contributed by atoms with van der Waals surface area (Å²) in [6.45, 7) is 4.01. The monoisotopic (exact) mass is 411 g/mol. The predicted octanol–water partition coefficient (Wildman–Crippen LogP) is 3.07. The molecular formula is C21H29N7O2. The van der Waals surface area contributed by atoms with Gasteiger partial charge in [-0.3, -0.25) is 14.3 Å². The molecule has 2 atom stereocenters. The molecule has 3 N–H and O–H groups in total. The van der Waals surface area contributed by atoms with E-state index in [1.165, 1.54) is 0 Å². The molecular weight excluding hydrogens is 382 g/mol. The molecule has 3 aromatic heterocycles. The number of nitrogens with one attached hydrogen (secondary N) is 3. The van der Waals surface area contributed by atoms with E-state index in [2.05, 4.69) is 36.9 Å². The molecule has 2 unspecified atom stereocenters. The number of carbonyl (C=O) groups is 1. The number of hydrogen-bond donors (Lipinski definition) is 3. The second kappa shape index (κ2) is 8.43. The predicted molar refractivity (Wildman–Crippen MR) is 114 cm³/mol. The first-order chi connectivity index (χ1) is 14.5. The zero-order valence-electron chi connectivity index (χ0n) is 17.7. The first-order valence-electron chi connectivity index (χ1n) is 10.4. The van der Waals surface area contributed by atoms with Crippen molar-refractivity contribution in [2.45, 2.75) is 63.5 Å². The van der Waals surface area contributed by atoms with Crippen molar-refractivity contribution in [3.63, 3.8) is 0 Å². The third-order valence-electron chi connectivity index (χ3n) is 5.90. The van der Waals surface area contributed by atoms with Crippen molar-refractivity contribution >= 4 is 23.8 Å². The van der Waals surface area contributed by atoms with Gasteiger partial charge in [0.1, 0.15) is 5.65 Å². The smallest absolute Gasteiger partial charge is 0.214 e. The van der Waals surface area contributed by atoms with Crippen LogP contribution < -0.4 is 10.6 Å². The normalized spacial score (nSPS) is 21.7. The van der Waals surface area contributed by atoms with E-state index in [0.717, 1.165) is 61.4 Å². The minimum Gasteiger partial charge on any atom is -0.381 e. The largest absolute Gasteiger partial charge is 0.381 e. The minimum absolute atomic E-state index is 0.182. The number of nitrogens with zero attached hydrogens (tertiary/aromatic N) is 4. The van der Waals surface area contributed by atoms with Gasteiger partial charge in [-0.1, -0.05) is 0 Å². The van der Waals surface area contributed by atoms with Gasteiger partial charge in [-0.2, -0.15) is 5.10 Å². The number of carbonyl (C=O) groups excluding carboxylic acids is 1. The van der Waals surface area contributed by atoms with Crippen LogP contribution in [-0.2, 0) is 9.53 Å². The van der Waals surface area contributed by atoms with Crippen LogP contribution in [0, 0.1) is 6.92 Å². The van der Waals surface area contributed by atoms with Crippen LogP contribution in [0.4, 0.5) is 11.8 Å². The molecule has 3 heterocycles. The number of imidazole rings is 1. The quantitative estimate of drug-likeness (QED) is 0.538. The molecule has 5 rings (SSSR count). The standard InChI is InChI=1S/C16H20N6O.C5H9NO/c1-10-9-22-15(18-10)5-6-17-16(22)19-14-8-13(20-21-14)11-3-4-12(7-11)23-2;1-5(2-3-5)6-4-7/h5-6,8-9,11-12H,3-4,7H2,1-2H3,(H2,17,19,20,21);4H,2-3H2,1H3,(H,6,7). The molecule has 9 nitrogen and oxygen atoms in total. The molecule has 0 bridgehead atoms. The van der Waals surface area contributed by atoms with Gasteiger partial charge in [-0.25, -0.2) is 9.97 Å². The van der Waals surface area contributed by atoms with Gasteiger partial charge in [0.15, 0.2) is 5.82 Å². The molecule has 30 heavy (non-hydrogen) atoms. The number of amides is 1. The Morgan fingerprint density at radius 2 is 2.20 bits per heavy atom. The van der Waals surface area contributed by atoms with Crippen LogP contribution in [0.2, 0.25) is 0 Å². The number of anilines is 2. The van der Waals surface area contributed by atoms with Crippen LogP contribution in [0.25, 0.3) is 5.65 Å². The SMILES string of the molecule is CC1(NC=O)CC1.COC1CCC(c2cc(Nc3nccc4nc(C)cn34)n[nH]2)C1. The first kappa shape index (κ1) is 20.3. The zero-order chi connectivity index (χ0) is 21.1. The summed E-state index contributed by atoms with van der Waals surface area (Å²) in [5, 5.41) is 13.5. The maximum atomic E-state index is 9.75. The van der Waals surface area contributed by atoms with Crippen LogP contribution in [0.15, 0.2) is 24.5 Å². The number of fused-ring (bicyclic) bond motifs is 1. The van der Waals surface area contributed by atoms with E-state index in [0.29, 0.717) is 18.0 Å². The van der Waals surface area contributed by atoms with Gasteiger partial charge in [-0.05, 0) is 52.0 Å². The molecule has 160 valence electrons. The number of H-pyrrole nitrogens is 1. The van der Waals surface area contributed by atoms with Crippen LogP contribution in [0.3, 0.4) is 0 Å². The molecule has 2 saturated carbocycles. The van der Waals surface area contributed by atoms with Crippen molar-refractivity contribution in [2.75, 3.05) is 12.4 Å². The number of hydrogen-bond acceptors (Lipinski definition) is 6. The van der Waals surface area contributed by atoms with E-state index in [-0.39, 0.29) is 5.54 Å². The molecule has 0 saturated heterocycles. The summed E-state index contributed by atoms with van der Waals surface area (Å²) in [5.41, 5.74) is 3.16. The van der Waals surface area contributed by atoms with E-state index < -0.39 is 0 Å². The van der Waals surface area contributed by atoms with Gasteiger partial charge in [-0.15, -0.1) is 0 Å². The Kier molecular flexibility index (Phi) is 5.72. The number of aryl methyl sites for hydroxylation is 1. The van der Waals surface area contributed by atoms with Crippen LogP contribution in [-0.4, -0.2) is 49.7 Å². The minimum atomic E-state index is 0.182. The van der Waals surface area contributed by atoms with Gasteiger partial charge < -0.3 is 15.4 Å². The molecule has 2 fully saturated rings. The van der Waals surface area contributed by atoms with Gasteiger partial charge in [0.2, 0.25) is 12.4 Å². The molecule has 3 aromatic rings. The topological polar surface area (TPSA) is 109 Å². The van der Waals surface area contributed by atoms with Crippen molar-refractivity contribution in [3.05, 3.63) is 35.9 Å². The van der Waals surface area contributed by atoms with Gasteiger partial charge in [0.05, 0.1) is 11.8 Å². The number of ether oxygens (including phenoxy) is 1. The van der Waals surface area contributed by atoms with E-state index in [1.54, 1.807) is 13.3 Å². The van der Waals surface area contributed by atoms with Crippen molar-refractivity contribution in [1.82, 2.24) is 29.9 Å². The van der Waals surface area contributed by atoms with E-state index >= 15 is 0 Å². The zero-order valence-corrected chi connectivity index (χ0v) is 17.7. The van der Waals surface area contributed by atoms with Crippen LogP contribution in [0.5, 0.6) is 0 Å². The molecule has 0 aliphatic heterocycles. The lowest BCUT2D eigenvalue weighted by molar-refractivity contribution is -0.110. The van der Waals surface area contributed by atoms with Crippen molar-refractivity contribution in [3.8, 4) is 0 Å². The van der Waals surface area contributed by atoms with E-state index in [1.807, 2.05) is 30.5 Å². The van der Waals surface area contributed by atoms with Crippen LogP contribution in [0.1, 0.15) is 56.3 Å². The average Bonchev–Trinajstić information content (AvgIpc) is 3.16. The molecule has 1 amide bonds. The maximum Gasteiger partial charge on any atom is 0.214 e. The fourth-order valence-corrected chi connectivity index (χ4v) is 3.77. The lowest BCUT2D eigenvalue weighted by Crippen LogP contribution is -2.25. The Hall–Kier alpha value is -2.94. The Morgan fingerprint density at radius 1 is 1.37 bits per heavy atom. The second-order valence-corrected chi connectivity index (χ2v) is 8.40. The highest BCUT2D eigenvalue weighted by molar-refractivity contribution is 5.54. The maximum absolute atomic E-state index is 9.75. The van der Waals surface area contributed by atoms with Crippen molar-refractivity contribution in [2.24, 2.45) is 0 Å². The molecule has 0 spiro atoms. The highest BCUT2D eigenvalue weighted by atomic mass is 16.5. The summed E-state index contributed by atoms with van der Waals surface area (Å²) < 4.78 is 7.38. The number of methoxy groups -OCH3 is 1. The Morgan fingerprint density at radius 3 is 2.87 bits per heavy atom. The Labute approximate surface area is 175 Å². The third-order valence-corrected chi connectivity index (χ3v) is 5.90. The number of aromatic nitrogens is 5. The summed E-state index contributed by atoms with van der Waals surface area (Å²) in [7, 11) is 1.78. The number of aromatic amines is 1. The highest BCUT2D eigenvalue weighted by Gasteiger charge is 2.36. The average molecular weight is 412 g/mol. The van der Waals surface area contributed by atoms with Crippen LogP contribution >= 0.6 is 0 Å². The van der Waals surface area contributed by atoms with Crippen molar-refractivity contribution in [1.29, 1.82) is 0 Å². The number of rotatable bonds is 6. The molecule has 9 heteroatoms. The fourth-order valence-electron chi connectivity index (χ4n) is 3.77. The van der Waals surface area contributed by atoms with Gasteiger partial charge in [0, 0.05) is 42.7 Å². The molecule has 0 aromatic carbocycles. The molecule has 0 radical (unpaired) electrons. The summed E-state index contributed by atoms with van der Waals surface area (Å²) in [6.07, 6.45) is 10.4. The van der Waals surface area contributed by atoms with Gasteiger partial charge >= 0.3 is 0 Å². The van der Waals surface area contributed by atoms with Gasteiger partial charge in [0.25, 0.3) is 0 Å². The van der Waals surface area contributed by atoms with E-state index in [4.69, 9.17) is 4.74 Å². The molecule has 2 aliphatic rings. The van der Waals surface area contributed by atoms with E-state index in [9.17, 15) is 4.79 Å². The van der Waals surface area contributed by atoms with Crippen molar-refractivity contribution < 1.29 is 9.53 Å².